The normalized spacial score (nSPS) is 11.1. The molecule has 0 saturated carbocycles. The molecule has 5 nitrogen and oxygen atoms in total. The second kappa shape index (κ2) is 8.07. The van der Waals surface area contributed by atoms with Gasteiger partial charge in [-0.25, -0.2) is 13.2 Å². The third-order valence-corrected chi connectivity index (χ3v) is 4.84. The van der Waals surface area contributed by atoms with Gasteiger partial charge in [-0.05, 0) is 43.2 Å². The molecule has 0 saturated heterocycles. The molecular formula is C19H20O5S. The van der Waals surface area contributed by atoms with Gasteiger partial charge < -0.3 is 4.74 Å². The molecule has 0 radical (unpaired) electrons. The van der Waals surface area contributed by atoms with E-state index in [0.717, 1.165) is 11.8 Å². The molecule has 0 spiro atoms. The highest BCUT2D eigenvalue weighted by atomic mass is 32.2. The molecule has 0 atom stereocenters. The predicted octanol–water partition coefficient (Wildman–Crippen LogP) is 3.08. The zero-order valence-electron chi connectivity index (χ0n) is 14.2. The molecule has 0 aliphatic carbocycles. The summed E-state index contributed by atoms with van der Waals surface area (Å²) in [7, 11) is -3.21. The number of ether oxygens (including phenoxy) is 1. The summed E-state index contributed by atoms with van der Waals surface area (Å²) in [6.07, 6.45) is 1.98. The summed E-state index contributed by atoms with van der Waals surface area (Å²) >= 11 is 0. The van der Waals surface area contributed by atoms with Gasteiger partial charge in [-0.15, -0.1) is 0 Å². The van der Waals surface area contributed by atoms with E-state index in [4.69, 9.17) is 4.74 Å². The van der Waals surface area contributed by atoms with Crippen LogP contribution in [0.2, 0.25) is 0 Å². The molecule has 2 aromatic carbocycles. The average Bonchev–Trinajstić information content (AvgIpc) is 2.59. The Hall–Kier alpha value is -2.47. The summed E-state index contributed by atoms with van der Waals surface area (Å²) in [5.41, 5.74) is 1.83. The van der Waals surface area contributed by atoms with Crippen LogP contribution in [0.4, 0.5) is 0 Å². The maximum atomic E-state index is 12.2. The van der Waals surface area contributed by atoms with Crippen LogP contribution >= 0.6 is 0 Å². The molecule has 0 aliphatic rings. The molecule has 2 aromatic rings. The van der Waals surface area contributed by atoms with E-state index in [-0.39, 0.29) is 10.7 Å². The molecular weight excluding hydrogens is 340 g/mol. The van der Waals surface area contributed by atoms with Crippen LogP contribution in [0.5, 0.6) is 0 Å². The van der Waals surface area contributed by atoms with Gasteiger partial charge in [0.05, 0.1) is 17.1 Å². The fraction of sp³-hybridized carbons (Fsp3) is 0.263. The molecule has 25 heavy (non-hydrogen) atoms. The fourth-order valence-corrected chi connectivity index (χ4v) is 2.94. The summed E-state index contributed by atoms with van der Waals surface area (Å²) in [5.74, 6) is -0.449. The van der Waals surface area contributed by atoms with Crippen molar-refractivity contribution in [2.24, 2.45) is 0 Å². The van der Waals surface area contributed by atoms with Crippen molar-refractivity contribution in [1.29, 1.82) is 0 Å². The van der Waals surface area contributed by atoms with E-state index < -0.39 is 15.8 Å². The lowest BCUT2D eigenvalue weighted by molar-refractivity contribution is 0.0526. The van der Waals surface area contributed by atoms with Crippen molar-refractivity contribution in [3.63, 3.8) is 0 Å². The Balaban J connectivity index is 1.97. The number of ketones is 1. The van der Waals surface area contributed by atoms with Crippen LogP contribution in [0, 0.1) is 0 Å². The maximum absolute atomic E-state index is 12.2. The van der Waals surface area contributed by atoms with Crippen LogP contribution < -0.4 is 0 Å². The Morgan fingerprint density at radius 1 is 0.920 bits per heavy atom. The molecule has 6 heteroatoms. The first-order chi connectivity index (χ1) is 11.8. The predicted molar refractivity (Wildman–Crippen MR) is 94.6 cm³/mol. The topological polar surface area (TPSA) is 77.5 Å². The monoisotopic (exact) mass is 360 g/mol. The average molecular weight is 360 g/mol. The van der Waals surface area contributed by atoms with Crippen LogP contribution in [-0.4, -0.2) is 33.0 Å². The summed E-state index contributed by atoms with van der Waals surface area (Å²) in [6.45, 7) is 2.04. The van der Waals surface area contributed by atoms with Crippen LogP contribution in [0.3, 0.4) is 0 Å². The van der Waals surface area contributed by atoms with Gasteiger partial charge in [-0.1, -0.05) is 24.3 Å². The van der Waals surface area contributed by atoms with Crippen molar-refractivity contribution in [2.75, 3.05) is 12.9 Å². The van der Waals surface area contributed by atoms with Gasteiger partial charge in [0.15, 0.2) is 15.6 Å². The summed E-state index contributed by atoms with van der Waals surface area (Å²) in [4.78, 5) is 24.1. The first-order valence-corrected chi connectivity index (χ1v) is 9.80. The largest absolute Gasteiger partial charge is 0.462 e. The number of hydrogen-bond acceptors (Lipinski definition) is 5. The molecule has 2 rings (SSSR count). The second-order valence-electron chi connectivity index (χ2n) is 5.64. The molecule has 0 aromatic heterocycles. The molecule has 0 heterocycles. The van der Waals surface area contributed by atoms with Gasteiger partial charge in [-0.2, -0.15) is 0 Å². The highest BCUT2D eigenvalue weighted by Crippen LogP contribution is 2.14. The number of carbonyl (C=O) groups excluding carboxylic acids is 2. The molecule has 132 valence electrons. The lowest BCUT2D eigenvalue weighted by Gasteiger charge is -2.05. The van der Waals surface area contributed by atoms with Crippen molar-refractivity contribution in [3.05, 3.63) is 65.2 Å². The first kappa shape index (κ1) is 18.9. The zero-order valence-corrected chi connectivity index (χ0v) is 15.0. The number of esters is 1. The minimum Gasteiger partial charge on any atom is -0.462 e. The number of hydrogen-bond donors (Lipinski definition) is 0. The molecule has 0 N–H and O–H groups in total. The Labute approximate surface area is 147 Å². The summed E-state index contributed by atoms with van der Waals surface area (Å²) in [5, 5.41) is 0. The van der Waals surface area contributed by atoms with Crippen LogP contribution in [0.25, 0.3) is 0 Å². The van der Waals surface area contributed by atoms with Gasteiger partial charge in [0, 0.05) is 18.2 Å². The molecule has 0 fully saturated rings. The lowest BCUT2D eigenvalue weighted by atomic mass is 10.0. The molecule has 0 aliphatic heterocycles. The third-order valence-electron chi connectivity index (χ3n) is 3.71. The van der Waals surface area contributed by atoms with E-state index in [0.29, 0.717) is 30.6 Å². The minimum absolute atomic E-state index is 0.0393. The second-order valence-corrected chi connectivity index (χ2v) is 7.65. The SMILES string of the molecule is CCOC(=O)c1ccc(C(=O)CCc2ccc(S(C)(=O)=O)cc2)cc1. The highest BCUT2D eigenvalue weighted by molar-refractivity contribution is 7.90. The van der Waals surface area contributed by atoms with E-state index in [1.807, 2.05) is 0 Å². The van der Waals surface area contributed by atoms with E-state index in [2.05, 4.69) is 0 Å². The van der Waals surface area contributed by atoms with Crippen molar-refractivity contribution < 1.29 is 22.7 Å². The van der Waals surface area contributed by atoms with E-state index >= 15 is 0 Å². The van der Waals surface area contributed by atoms with E-state index in [9.17, 15) is 18.0 Å². The van der Waals surface area contributed by atoms with Crippen LogP contribution in [-0.2, 0) is 21.0 Å². The van der Waals surface area contributed by atoms with Crippen molar-refractivity contribution in [1.82, 2.24) is 0 Å². The number of carbonyl (C=O) groups is 2. The van der Waals surface area contributed by atoms with Crippen LogP contribution in [0.1, 0.15) is 39.6 Å². The lowest BCUT2D eigenvalue weighted by Crippen LogP contribution is -2.06. The highest BCUT2D eigenvalue weighted by Gasteiger charge is 2.11. The van der Waals surface area contributed by atoms with Crippen molar-refractivity contribution >= 4 is 21.6 Å². The van der Waals surface area contributed by atoms with Crippen molar-refractivity contribution in [3.8, 4) is 0 Å². The smallest absolute Gasteiger partial charge is 0.338 e. The van der Waals surface area contributed by atoms with Gasteiger partial charge in [0.25, 0.3) is 0 Å². The zero-order chi connectivity index (χ0) is 18.4. The Morgan fingerprint density at radius 3 is 2.00 bits per heavy atom. The van der Waals surface area contributed by atoms with E-state index in [1.165, 1.54) is 0 Å². The molecule has 0 unspecified atom stereocenters. The summed E-state index contributed by atoms with van der Waals surface area (Å²) in [6, 6.07) is 12.9. The molecule has 0 bridgehead atoms. The Kier molecular flexibility index (Phi) is 6.09. The quantitative estimate of drug-likeness (QED) is 0.560. The van der Waals surface area contributed by atoms with Crippen LogP contribution in [0.15, 0.2) is 53.4 Å². The van der Waals surface area contributed by atoms with Gasteiger partial charge in [0.1, 0.15) is 0 Å². The minimum atomic E-state index is -3.21. The third kappa shape index (κ3) is 5.26. The first-order valence-electron chi connectivity index (χ1n) is 7.90. The number of sulfone groups is 1. The Bertz CT molecular complexity index is 850. The van der Waals surface area contributed by atoms with Gasteiger partial charge in [0.2, 0.25) is 0 Å². The fourth-order valence-electron chi connectivity index (χ4n) is 2.31. The number of aryl methyl sites for hydroxylation is 1. The number of rotatable bonds is 7. The van der Waals surface area contributed by atoms with Crippen molar-refractivity contribution in [2.45, 2.75) is 24.7 Å². The van der Waals surface area contributed by atoms with E-state index in [1.54, 1.807) is 55.5 Å². The summed E-state index contributed by atoms with van der Waals surface area (Å²) < 4.78 is 27.7. The van der Waals surface area contributed by atoms with Gasteiger partial charge in [-0.3, -0.25) is 4.79 Å². The van der Waals surface area contributed by atoms with Gasteiger partial charge >= 0.3 is 5.97 Å². The molecule has 0 amide bonds. The standard InChI is InChI=1S/C19H20O5S/c1-3-24-19(21)16-9-7-15(8-10-16)18(20)13-6-14-4-11-17(12-5-14)25(2,22)23/h4-5,7-12H,3,6,13H2,1-2H3. The number of Topliss-reactive ketones (excluding diaryl/α,β-unsaturated/α-hetero) is 1. The number of benzene rings is 2. The Morgan fingerprint density at radius 2 is 1.48 bits per heavy atom. The maximum Gasteiger partial charge on any atom is 0.338 e.